The van der Waals surface area contributed by atoms with Gasteiger partial charge in [-0.2, -0.15) is 5.26 Å². The van der Waals surface area contributed by atoms with Gasteiger partial charge in [0.15, 0.2) is 5.78 Å². The van der Waals surface area contributed by atoms with Crippen LogP contribution in [-0.4, -0.2) is 5.78 Å². The van der Waals surface area contributed by atoms with Crippen molar-refractivity contribution in [1.29, 1.82) is 5.26 Å². The van der Waals surface area contributed by atoms with E-state index in [1.165, 1.54) is 12.1 Å². The molecule has 1 unspecified atom stereocenters. The molecule has 1 atom stereocenters. The quantitative estimate of drug-likeness (QED) is 0.784. The van der Waals surface area contributed by atoms with Gasteiger partial charge in [-0.1, -0.05) is 36.4 Å². The van der Waals surface area contributed by atoms with Crippen molar-refractivity contribution in [2.75, 3.05) is 0 Å². The second-order valence-electron chi connectivity index (χ2n) is 4.32. The van der Waals surface area contributed by atoms with Crippen molar-refractivity contribution in [3.63, 3.8) is 0 Å². The van der Waals surface area contributed by atoms with Crippen LogP contribution in [0.5, 0.6) is 0 Å². The summed E-state index contributed by atoms with van der Waals surface area (Å²) in [5.74, 6) is -2.06. The van der Waals surface area contributed by atoms with Crippen LogP contribution in [0.2, 0.25) is 0 Å². The summed E-state index contributed by atoms with van der Waals surface area (Å²) in [6, 6.07) is 15.0. The molecule has 2 aromatic rings. The lowest BCUT2D eigenvalue weighted by atomic mass is 9.91. The van der Waals surface area contributed by atoms with E-state index in [9.17, 15) is 9.18 Å². The van der Waals surface area contributed by atoms with Crippen LogP contribution < -0.4 is 0 Å². The monoisotopic (exact) mass is 253 g/mol. The predicted octanol–water partition coefficient (Wildman–Crippen LogP) is 3.62. The predicted molar refractivity (Wildman–Crippen MR) is 70.3 cm³/mol. The highest BCUT2D eigenvalue weighted by atomic mass is 19.1. The fourth-order valence-corrected chi connectivity index (χ4v) is 1.91. The Morgan fingerprint density at radius 3 is 2.47 bits per heavy atom. The molecule has 0 spiro atoms. The Morgan fingerprint density at radius 1 is 1.21 bits per heavy atom. The topological polar surface area (TPSA) is 40.9 Å². The van der Waals surface area contributed by atoms with Crippen molar-refractivity contribution < 1.29 is 9.18 Å². The lowest BCUT2D eigenvalue weighted by molar-refractivity contribution is 0.0975. The van der Waals surface area contributed by atoms with Crippen LogP contribution in [0.4, 0.5) is 4.39 Å². The molecule has 0 aliphatic heterocycles. The number of hydrogen-bond acceptors (Lipinski definition) is 2. The van der Waals surface area contributed by atoms with Crippen LogP contribution in [0.3, 0.4) is 0 Å². The van der Waals surface area contributed by atoms with Gasteiger partial charge in [0.1, 0.15) is 11.7 Å². The summed E-state index contributed by atoms with van der Waals surface area (Å²) < 4.78 is 13.8. The maximum atomic E-state index is 13.8. The molecule has 2 rings (SSSR count). The first-order chi connectivity index (χ1) is 9.13. The molecular weight excluding hydrogens is 241 g/mol. The van der Waals surface area contributed by atoms with Crippen molar-refractivity contribution in [2.24, 2.45) is 0 Å². The van der Waals surface area contributed by atoms with Crippen LogP contribution in [0.1, 0.15) is 27.4 Å². The third-order valence-corrected chi connectivity index (χ3v) is 2.91. The van der Waals surface area contributed by atoms with Gasteiger partial charge in [-0.25, -0.2) is 4.39 Å². The fourth-order valence-electron chi connectivity index (χ4n) is 1.91. The van der Waals surface area contributed by atoms with E-state index >= 15 is 0 Å². The van der Waals surface area contributed by atoms with Crippen molar-refractivity contribution in [3.8, 4) is 6.07 Å². The summed E-state index contributed by atoms with van der Waals surface area (Å²) in [6.45, 7) is 1.75. The Bertz CT molecular complexity index is 644. The molecule has 2 aromatic carbocycles. The molecule has 3 heteroatoms. The zero-order valence-corrected chi connectivity index (χ0v) is 10.4. The lowest BCUT2D eigenvalue weighted by Gasteiger charge is -2.09. The Morgan fingerprint density at radius 2 is 1.89 bits per heavy atom. The number of hydrogen-bond donors (Lipinski definition) is 0. The highest BCUT2D eigenvalue weighted by molar-refractivity contribution is 6.03. The van der Waals surface area contributed by atoms with Gasteiger partial charge in [-0.05, 0) is 30.2 Å². The van der Waals surface area contributed by atoms with E-state index in [0.29, 0.717) is 5.56 Å². The van der Waals surface area contributed by atoms with E-state index in [1.807, 2.05) is 6.07 Å². The average molecular weight is 253 g/mol. The summed E-state index contributed by atoms with van der Waals surface area (Å²) in [6.07, 6.45) is 0. The number of aryl methyl sites for hydroxylation is 1. The minimum Gasteiger partial charge on any atom is -0.292 e. The van der Waals surface area contributed by atoms with Crippen molar-refractivity contribution in [3.05, 3.63) is 71.0 Å². The molecule has 0 aliphatic carbocycles. The van der Waals surface area contributed by atoms with Gasteiger partial charge in [0.25, 0.3) is 0 Å². The minimum absolute atomic E-state index is 0.0407. The first-order valence-electron chi connectivity index (χ1n) is 5.88. The molecular formula is C16H12FNO. The Hall–Kier alpha value is -2.47. The van der Waals surface area contributed by atoms with E-state index in [-0.39, 0.29) is 5.56 Å². The van der Waals surface area contributed by atoms with E-state index in [4.69, 9.17) is 5.26 Å². The van der Waals surface area contributed by atoms with Crippen molar-refractivity contribution >= 4 is 5.78 Å². The van der Waals surface area contributed by atoms with Gasteiger partial charge in [0.2, 0.25) is 0 Å². The zero-order chi connectivity index (χ0) is 13.8. The van der Waals surface area contributed by atoms with Gasteiger partial charge in [0.05, 0.1) is 11.6 Å². The first-order valence-corrected chi connectivity index (χ1v) is 5.88. The Kier molecular flexibility index (Phi) is 3.72. The standard InChI is InChI=1S/C16H12FNO/c1-11-7-8-13(15(17)9-11)16(19)14(10-18)12-5-3-2-4-6-12/h2-9,14H,1H3. The van der Waals surface area contributed by atoms with Gasteiger partial charge in [0, 0.05) is 0 Å². The van der Waals surface area contributed by atoms with Gasteiger partial charge >= 0.3 is 0 Å². The molecule has 0 amide bonds. The van der Waals surface area contributed by atoms with Gasteiger partial charge < -0.3 is 0 Å². The molecule has 0 saturated heterocycles. The molecule has 0 radical (unpaired) electrons. The zero-order valence-electron chi connectivity index (χ0n) is 10.4. The van der Waals surface area contributed by atoms with E-state index < -0.39 is 17.5 Å². The number of halogens is 1. The third-order valence-electron chi connectivity index (χ3n) is 2.91. The van der Waals surface area contributed by atoms with Crippen LogP contribution in [0.15, 0.2) is 48.5 Å². The van der Waals surface area contributed by atoms with E-state index in [0.717, 1.165) is 5.56 Å². The minimum atomic E-state index is -0.974. The summed E-state index contributed by atoms with van der Waals surface area (Å²) in [5, 5.41) is 9.16. The largest absolute Gasteiger partial charge is 0.292 e. The molecule has 0 saturated carbocycles. The second kappa shape index (κ2) is 5.45. The Balaban J connectivity index is 2.40. The maximum Gasteiger partial charge on any atom is 0.187 e. The Labute approximate surface area is 111 Å². The lowest BCUT2D eigenvalue weighted by Crippen LogP contribution is -2.13. The van der Waals surface area contributed by atoms with E-state index in [1.54, 1.807) is 43.3 Å². The highest BCUT2D eigenvalue weighted by Gasteiger charge is 2.23. The molecule has 19 heavy (non-hydrogen) atoms. The number of nitriles is 1. The summed E-state index contributed by atoms with van der Waals surface area (Å²) in [5.41, 5.74) is 1.28. The highest BCUT2D eigenvalue weighted by Crippen LogP contribution is 2.22. The van der Waals surface area contributed by atoms with Crippen molar-refractivity contribution in [1.82, 2.24) is 0 Å². The third kappa shape index (κ3) is 2.69. The second-order valence-corrected chi connectivity index (χ2v) is 4.32. The number of carbonyl (C=O) groups is 1. The summed E-state index contributed by atoms with van der Waals surface area (Å²) in [4.78, 5) is 12.2. The van der Waals surface area contributed by atoms with Crippen molar-refractivity contribution in [2.45, 2.75) is 12.8 Å². The maximum absolute atomic E-state index is 13.8. The normalized spacial score (nSPS) is 11.6. The van der Waals surface area contributed by atoms with E-state index in [2.05, 4.69) is 0 Å². The molecule has 2 nitrogen and oxygen atoms in total. The SMILES string of the molecule is Cc1ccc(C(=O)C(C#N)c2ccccc2)c(F)c1. The number of ketones is 1. The van der Waals surface area contributed by atoms with Gasteiger partial charge in [-0.15, -0.1) is 0 Å². The average Bonchev–Trinajstić information content (AvgIpc) is 2.40. The number of nitrogens with zero attached hydrogens (tertiary/aromatic N) is 1. The first kappa shape index (κ1) is 13.0. The molecule has 0 aliphatic rings. The number of Topliss-reactive ketones (excluding diaryl/α,β-unsaturated/α-hetero) is 1. The summed E-state index contributed by atoms with van der Waals surface area (Å²) in [7, 11) is 0. The fraction of sp³-hybridized carbons (Fsp3) is 0.125. The number of rotatable bonds is 3. The molecule has 0 fully saturated rings. The van der Waals surface area contributed by atoms with Crippen LogP contribution in [0.25, 0.3) is 0 Å². The van der Waals surface area contributed by atoms with Crippen LogP contribution in [-0.2, 0) is 0 Å². The van der Waals surface area contributed by atoms with Crippen LogP contribution >= 0.6 is 0 Å². The smallest absolute Gasteiger partial charge is 0.187 e. The number of benzene rings is 2. The summed E-state index contributed by atoms with van der Waals surface area (Å²) >= 11 is 0. The number of carbonyl (C=O) groups excluding carboxylic acids is 1. The molecule has 0 heterocycles. The van der Waals surface area contributed by atoms with Crippen LogP contribution in [0, 0.1) is 24.1 Å². The molecule has 94 valence electrons. The molecule has 0 N–H and O–H groups in total. The molecule has 0 aromatic heterocycles. The van der Waals surface area contributed by atoms with Gasteiger partial charge in [-0.3, -0.25) is 4.79 Å². The molecule has 0 bridgehead atoms.